The van der Waals surface area contributed by atoms with Crippen molar-refractivity contribution in [2.45, 2.75) is 103 Å². The standard InChI is InChI=1S/C20H42BNO2/c1-5-6-7-8-9-10-11-12-13-14-15-16-17-18-19(22(2)3)21-20(23)24-4/h19,21H,5-18H2,1-4H3. The van der Waals surface area contributed by atoms with Gasteiger partial charge in [-0.2, -0.15) is 0 Å². The summed E-state index contributed by atoms with van der Waals surface area (Å²) in [5.74, 6) is 0.230. The Labute approximate surface area is 152 Å². The zero-order valence-electron chi connectivity index (χ0n) is 16.9. The summed E-state index contributed by atoms with van der Waals surface area (Å²) in [7, 11) is 6.09. The van der Waals surface area contributed by atoms with Gasteiger partial charge in [-0.1, -0.05) is 90.4 Å². The summed E-state index contributed by atoms with van der Waals surface area (Å²) in [6, 6.07) is 0. The summed E-state index contributed by atoms with van der Waals surface area (Å²) in [5.41, 5.74) is 0. The average Bonchev–Trinajstić information content (AvgIpc) is 2.57. The lowest BCUT2D eigenvalue weighted by molar-refractivity contribution is 0.196. The first-order valence-electron chi connectivity index (χ1n) is 10.3. The second kappa shape index (κ2) is 17.3. The largest absolute Gasteiger partial charge is 0.477 e. The molecule has 0 saturated heterocycles. The average molecular weight is 339 g/mol. The van der Waals surface area contributed by atoms with Crippen LogP contribution in [0.2, 0.25) is 0 Å². The van der Waals surface area contributed by atoms with Gasteiger partial charge in [-0.25, -0.2) is 0 Å². The van der Waals surface area contributed by atoms with Crippen LogP contribution in [0.25, 0.3) is 0 Å². The molecule has 0 amide bonds. The third-order valence-electron chi connectivity index (χ3n) is 5.00. The van der Waals surface area contributed by atoms with Crippen molar-refractivity contribution in [3.05, 3.63) is 0 Å². The minimum Gasteiger partial charge on any atom is -0.477 e. The highest BCUT2D eigenvalue weighted by atomic mass is 16.5. The van der Waals surface area contributed by atoms with Crippen LogP contribution in [-0.2, 0) is 4.74 Å². The molecule has 3 nitrogen and oxygen atoms in total. The number of methoxy groups -OCH3 is 1. The number of carbonyl (C=O) groups is 1. The quantitative estimate of drug-likeness (QED) is 0.257. The number of unbranched alkanes of at least 4 members (excludes halogenated alkanes) is 12. The topological polar surface area (TPSA) is 29.5 Å². The zero-order chi connectivity index (χ0) is 18.0. The SMILES string of the molecule is CCCCCCCCCCCCCCCC(BC(=O)OC)N(C)C. The molecule has 0 N–H and O–H groups in total. The smallest absolute Gasteiger partial charge is 0.279 e. The van der Waals surface area contributed by atoms with E-state index >= 15 is 0 Å². The van der Waals surface area contributed by atoms with Crippen LogP contribution >= 0.6 is 0 Å². The van der Waals surface area contributed by atoms with Gasteiger partial charge < -0.3 is 9.64 Å². The number of carbonyl (C=O) groups excluding carboxylic acids is 1. The van der Waals surface area contributed by atoms with E-state index in [0.717, 1.165) is 6.42 Å². The third-order valence-corrected chi connectivity index (χ3v) is 5.00. The molecule has 4 heteroatoms. The van der Waals surface area contributed by atoms with Crippen LogP contribution in [0.4, 0.5) is 4.79 Å². The van der Waals surface area contributed by atoms with Crippen molar-refractivity contribution >= 4 is 13.1 Å². The fraction of sp³-hybridized carbons (Fsp3) is 0.950. The lowest BCUT2D eigenvalue weighted by Crippen LogP contribution is -2.37. The van der Waals surface area contributed by atoms with E-state index in [0.29, 0.717) is 13.2 Å². The van der Waals surface area contributed by atoms with E-state index < -0.39 is 0 Å². The van der Waals surface area contributed by atoms with Gasteiger partial charge in [0.25, 0.3) is 7.28 Å². The molecule has 0 saturated carbocycles. The maximum Gasteiger partial charge on any atom is 0.279 e. The van der Waals surface area contributed by atoms with Crippen molar-refractivity contribution in [3.8, 4) is 0 Å². The molecule has 0 bridgehead atoms. The fourth-order valence-electron chi connectivity index (χ4n) is 3.22. The Morgan fingerprint density at radius 2 is 1.25 bits per heavy atom. The first kappa shape index (κ1) is 23.5. The Bertz CT molecular complexity index is 285. The molecule has 0 aromatic heterocycles. The van der Waals surface area contributed by atoms with Crippen molar-refractivity contribution in [3.63, 3.8) is 0 Å². The van der Waals surface area contributed by atoms with E-state index in [-0.39, 0.29) is 5.87 Å². The second-order valence-electron chi connectivity index (χ2n) is 7.43. The Morgan fingerprint density at radius 3 is 1.62 bits per heavy atom. The van der Waals surface area contributed by atoms with Crippen molar-refractivity contribution in [2.24, 2.45) is 0 Å². The molecule has 0 rings (SSSR count). The van der Waals surface area contributed by atoms with Gasteiger partial charge in [-0.05, 0) is 26.5 Å². The number of hydrogen-bond donors (Lipinski definition) is 0. The molecule has 0 aliphatic heterocycles. The number of nitrogens with zero attached hydrogens (tertiary/aromatic N) is 1. The lowest BCUT2D eigenvalue weighted by atomic mass is 9.67. The molecule has 0 aliphatic carbocycles. The molecule has 1 unspecified atom stereocenters. The maximum atomic E-state index is 11.4. The molecular formula is C20H42BNO2. The van der Waals surface area contributed by atoms with Gasteiger partial charge in [0, 0.05) is 0 Å². The summed E-state index contributed by atoms with van der Waals surface area (Å²) in [6.45, 7) is 2.28. The number of ether oxygens (including phenoxy) is 1. The Kier molecular flexibility index (Phi) is 17.0. The fourth-order valence-corrected chi connectivity index (χ4v) is 3.22. The predicted octanol–water partition coefficient (Wildman–Crippen LogP) is 5.56. The normalized spacial score (nSPS) is 12.4. The van der Waals surface area contributed by atoms with Gasteiger partial charge in [0.15, 0.2) is 0 Å². The van der Waals surface area contributed by atoms with Gasteiger partial charge in [0.1, 0.15) is 0 Å². The molecule has 0 heterocycles. The highest BCUT2D eigenvalue weighted by Crippen LogP contribution is 2.14. The zero-order valence-corrected chi connectivity index (χ0v) is 16.9. The summed E-state index contributed by atoms with van der Waals surface area (Å²) < 4.78 is 4.78. The summed E-state index contributed by atoms with van der Waals surface area (Å²) in [6.07, 6.45) is 19.1. The molecule has 0 spiro atoms. The van der Waals surface area contributed by atoms with Crippen LogP contribution in [0.1, 0.15) is 96.8 Å². The Balaban J connectivity index is 3.38. The second-order valence-corrected chi connectivity index (χ2v) is 7.43. The van der Waals surface area contributed by atoms with Crippen LogP contribution in [0, 0.1) is 0 Å². The van der Waals surface area contributed by atoms with E-state index in [2.05, 4.69) is 25.9 Å². The van der Waals surface area contributed by atoms with Crippen LogP contribution in [0.3, 0.4) is 0 Å². The molecule has 0 aliphatic rings. The minimum atomic E-state index is -0.0941. The third kappa shape index (κ3) is 15.0. The first-order chi connectivity index (χ1) is 11.6. The highest BCUT2D eigenvalue weighted by Gasteiger charge is 2.18. The molecule has 0 aromatic carbocycles. The van der Waals surface area contributed by atoms with E-state index in [4.69, 9.17) is 4.74 Å². The predicted molar refractivity (Wildman–Crippen MR) is 107 cm³/mol. The summed E-state index contributed by atoms with van der Waals surface area (Å²) >= 11 is 0. The van der Waals surface area contributed by atoms with Crippen LogP contribution < -0.4 is 0 Å². The summed E-state index contributed by atoms with van der Waals surface area (Å²) in [4.78, 5) is 13.6. The van der Waals surface area contributed by atoms with E-state index in [1.165, 1.54) is 90.6 Å². The minimum absolute atomic E-state index is 0.0941. The highest BCUT2D eigenvalue weighted by molar-refractivity contribution is 6.73. The lowest BCUT2D eigenvalue weighted by Gasteiger charge is -2.22. The van der Waals surface area contributed by atoms with Crippen molar-refractivity contribution < 1.29 is 9.53 Å². The Morgan fingerprint density at radius 1 is 0.833 bits per heavy atom. The molecular weight excluding hydrogens is 297 g/mol. The molecule has 142 valence electrons. The van der Waals surface area contributed by atoms with Crippen LogP contribution in [0.15, 0.2) is 0 Å². The van der Waals surface area contributed by atoms with Crippen LogP contribution in [-0.4, -0.2) is 45.2 Å². The Hall–Kier alpha value is -0.505. The van der Waals surface area contributed by atoms with Crippen LogP contribution in [0.5, 0.6) is 0 Å². The van der Waals surface area contributed by atoms with Gasteiger partial charge in [-0.15, -0.1) is 0 Å². The van der Waals surface area contributed by atoms with Gasteiger partial charge in [0.05, 0.1) is 7.11 Å². The molecule has 0 fully saturated rings. The van der Waals surface area contributed by atoms with Crippen molar-refractivity contribution in [2.75, 3.05) is 21.2 Å². The summed E-state index contributed by atoms with van der Waals surface area (Å²) in [5, 5.41) is 0. The van der Waals surface area contributed by atoms with Crippen molar-refractivity contribution in [1.29, 1.82) is 0 Å². The van der Waals surface area contributed by atoms with Gasteiger partial charge >= 0.3 is 0 Å². The van der Waals surface area contributed by atoms with Crippen molar-refractivity contribution in [1.82, 2.24) is 4.90 Å². The molecule has 0 aromatic rings. The van der Waals surface area contributed by atoms with Gasteiger partial charge in [0.2, 0.25) is 5.87 Å². The number of rotatable bonds is 17. The van der Waals surface area contributed by atoms with E-state index in [1.54, 1.807) is 0 Å². The first-order valence-corrected chi connectivity index (χ1v) is 10.3. The number of hydrogen-bond acceptors (Lipinski definition) is 3. The van der Waals surface area contributed by atoms with E-state index in [9.17, 15) is 4.79 Å². The molecule has 24 heavy (non-hydrogen) atoms. The molecule has 1 atom stereocenters. The molecule has 0 radical (unpaired) electrons. The van der Waals surface area contributed by atoms with E-state index in [1.807, 2.05) is 0 Å². The monoisotopic (exact) mass is 339 g/mol. The maximum absolute atomic E-state index is 11.4. The van der Waals surface area contributed by atoms with Gasteiger partial charge in [-0.3, -0.25) is 4.79 Å².